The summed E-state index contributed by atoms with van der Waals surface area (Å²) in [4.78, 5) is 30.9. The van der Waals surface area contributed by atoms with Crippen molar-refractivity contribution in [1.82, 2.24) is 18.7 Å². The maximum Gasteiger partial charge on any atom is 0.337 e. The summed E-state index contributed by atoms with van der Waals surface area (Å²) < 4.78 is 27.9. The summed E-state index contributed by atoms with van der Waals surface area (Å²) in [6.07, 6.45) is 1.50. The normalized spacial score (nSPS) is 11.2. The average molecular weight is 424 g/mol. The van der Waals surface area contributed by atoms with Crippen molar-refractivity contribution >= 4 is 11.2 Å². The Morgan fingerprint density at radius 3 is 2.48 bits per heavy atom. The van der Waals surface area contributed by atoms with E-state index in [1.165, 1.54) is 37.2 Å². The number of methoxy groups -OCH3 is 2. The van der Waals surface area contributed by atoms with Crippen molar-refractivity contribution in [2.75, 3.05) is 20.8 Å². The molecule has 0 aliphatic rings. The van der Waals surface area contributed by atoms with Crippen LogP contribution >= 0.6 is 0 Å². The number of aromatic nitrogens is 4. The van der Waals surface area contributed by atoms with Gasteiger partial charge in [-0.2, -0.15) is 0 Å². The van der Waals surface area contributed by atoms with E-state index in [-0.39, 0.29) is 30.1 Å². The molecule has 0 saturated carbocycles. The number of hydrogen-bond acceptors (Lipinski definition) is 5. The molecule has 4 rings (SSSR count). The molecule has 0 saturated heterocycles. The average Bonchev–Trinajstić information content (AvgIpc) is 3.19. The van der Waals surface area contributed by atoms with Crippen LogP contribution in [0.2, 0.25) is 0 Å². The quantitative estimate of drug-likeness (QED) is 0.454. The topological polar surface area (TPSA) is 80.3 Å². The molecule has 0 aliphatic carbocycles. The van der Waals surface area contributed by atoms with Gasteiger partial charge in [0.1, 0.15) is 11.6 Å². The number of fused-ring (bicyclic) bond motifs is 1. The Labute approximate surface area is 176 Å². The van der Waals surface area contributed by atoms with Crippen LogP contribution in [0, 0.1) is 5.82 Å². The maximum absolute atomic E-state index is 13.3. The standard InChI is InChI=1S/C22H21FN4O4/c1-30-12-11-26-21(28)19-20(24-14-25(19)13-15-7-9-16(23)10-8-15)27(22(26)29)17-5-3-4-6-18(17)31-2/h3-10,14H,11-13H2,1-2H3. The molecular weight excluding hydrogens is 403 g/mol. The smallest absolute Gasteiger partial charge is 0.337 e. The van der Waals surface area contributed by atoms with Crippen molar-refractivity contribution in [1.29, 1.82) is 0 Å². The van der Waals surface area contributed by atoms with Gasteiger partial charge in [-0.05, 0) is 29.8 Å². The second kappa shape index (κ2) is 8.57. The zero-order valence-electron chi connectivity index (χ0n) is 17.1. The van der Waals surface area contributed by atoms with Crippen LogP contribution in [-0.2, 0) is 17.8 Å². The lowest BCUT2D eigenvalue weighted by Gasteiger charge is -2.14. The fourth-order valence-electron chi connectivity index (χ4n) is 3.50. The van der Waals surface area contributed by atoms with E-state index in [0.29, 0.717) is 18.0 Å². The molecule has 160 valence electrons. The van der Waals surface area contributed by atoms with Gasteiger partial charge in [0.2, 0.25) is 0 Å². The Morgan fingerprint density at radius 1 is 1.03 bits per heavy atom. The van der Waals surface area contributed by atoms with Gasteiger partial charge in [0.15, 0.2) is 11.2 Å². The number of benzene rings is 2. The van der Waals surface area contributed by atoms with Crippen molar-refractivity contribution < 1.29 is 13.9 Å². The fourth-order valence-corrected chi connectivity index (χ4v) is 3.50. The van der Waals surface area contributed by atoms with Crippen LogP contribution in [0.15, 0.2) is 64.4 Å². The molecule has 9 heteroatoms. The first-order chi connectivity index (χ1) is 15.0. The molecular formula is C22H21FN4O4. The van der Waals surface area contributed by atoms with Gasteiger partial charge in [-0.15, -0.1) is 0 Å². The SMILES string of the molecule is COCCn1c(=O)c2c(ncn2Cc2ccc(F)cc2)n(-c2ccccc2OC)c1=O. The molecule has 2 heterocycles. The highest BCUT2D eigenvalue weighted by Crippen LogP contribution is 2.23. The van der Waals surface area contributed by atoms with Crippen LogP contribution < -0.4 is 16.0 Å². The van der Waals surface area contributed by atoms with Crippen LogP contribution in [0.3, 0.4) is 0 Å². The Kier molecular flexibility index (Phi) is 5.68. The summed E-state index contributed by atoms with van der Waals surface area (Å²) >= 11 is 0. The molecule has 2 aromatic heterocycles. The fraction of sp³-hybridized carbons (Fsp3) is 0.227. The number of rotatable bonds is 7. The highest BCUT2D eigenvalue weighted by molar-refractivity contribution is 5.73. The lowest BCUT2D eigenvalue weighted by atomic mass is 10.2. The third-order valence-electron chi connectivity index (χ3n) is 5.01. The molecule has 0 N–H and O–H groups in total. The molecule has 8 nitrogen and oxygen atoms in total. The lowest BCUT2D eigenvalue weighted by Crippen LogP contribution is -2.41. The molecule has 0 aliphatic heterocycles. The predicted molar refractivity (Wildman–Crippen MR) is 114 cm³/mol. The largest absolute Gasteiger partial charge is 0.495 e. The molecule has 0 fully saturated rings. The molecule has 0 amide bonds. The van der Waals surface area contributed by atoms with Crippen LogP contribution in [0.25, 0.3) is 16.9 Å². The van der Waals surface area contributed by atoms with Crippen molar-refractivity contribution in [3.8, 4) is 11.4 Å². The van der Waals surface area contributed by atoms with Crippen LogP contribution in [0.4, 0.5) is 4.39 Å². The second-order valence-electron chi connectivity index (χ2n) is 6.91. The number of hydrogen-bond donors (Lipinski definition) is 0. The van der Waals surface area contributed by atoms with E-state index in [9.17, 15) is 14.0 Å². The minimum atomic E-state index is -0.536. The van der Waals surface area contributed by atoms with E-state index in [4.69, 9.17) is 9.47 Å². The number of ether oxygens (including phenoxy) is 2. The zero-order valence-corrected chi connectivity index (χ0v) is 17.1. The van der Waals surface area contributed by atoms with E-state index in [2.05, 4.69) is 4.98 Å². The first-order valence-corrected chi connectivity index (χ1v) is 9.62. The summed E-state index contributed by atoms with van der Waals surface area (Å²) in [5.41, 5.74) is 0.729. The maximum atomic E-state index is 13.3. The molecule has 0 unspecified atom stereocenters. The van der Waals surface area contributed by atoms with Crippen LogP contribution in [-0.4, -0.2) is 39.5 Å². The third-order valence-corrected chi connectivity index (χ3v) is 5.01. The van der Waals surface area contributed by atoms with Gasteiger partial charge in [-0.1, -0.05) is 24.3 Å². The Morgan fingerprint density at radius 2 is 1.77 bits per heavy atom. The first kappa shape index (κ1) is 20.5. The summed E-state index contributed by atoms with van der Waals surface area (Å²) in [6.45, 7) is 0.570. The zero-order chi connectivity index (χ0) is 22.0. The molecule has 2 aromatic carbocycles. The van der Waals surface area contributed by atoms with Crippen LogP contribution in [0.1, 0.15) is 5.56 Å². The van der Waals surface area contributed by atoms with E-state index in [1.54, 1.807) is 41.0 Å². The Bertz CT molecular complexity index is 1340. The summed E-state index contributed by atoms with van der Waals surface area (Å²) in [5.74, 6) is 0.127. The molecule has 4 aromatic rings. The summed E-state index contributed by atoms with van der Waals surface area (Å²) in [5, 5.41) is 0. The molecule has 0 spiro atoms. The first-order valence-electron chi connectivity index (χ1n) is 9.62. The lowest BCUT2D eigenvalue weighted by molar-refractivity contribution is 0.184. The molecule has 0 bridgehead atoms. The summed E-state index contributed by atoms with van der Waals surface area (Å²) in [7, 11) is 3.01. The van der Waals surface area contributed by atoms with Gasteiger partial charge >= 0.3 is 5.69 Å². The van der Waals surface area contributed by atoms with E-state index >= 15 is 0 Å². The van der Waals surface area contributed by atoms with Gasteiger partial charge in [0.05, 0.1) is 32.3 Å². The van der Waals surface area contributed by atoms with Crippen molar-refractivity contribution in [3.63, 3.8) is 0 Å². The minimum Gasteiger partial charge on any atom is -0.495 e. The van der Waals surface area contributed by atoms with E-state index in [1.807, 2.05) is 0 Å². The Balaban J connectivity index is 1.99. The van der Waals surface area contributed by atoms with Gasteiger partial charge in [-0.25, -0.2) is 18.7 Å². The monoisotopic (exact) mass is 424 g/mol. The predicted octanol–water partition coefficient (Wildman–Crippen LogP) is 2.19. The molecule has 0 atom stereocenters. The van der Waals surface area contributed by atoms with Crippen molar-refractivity contribution in [3.05, 3.63) is 87.1 Å². The number of imidazole rings is 1. The van der Waals surface area contributed by atoms with Crippen LogP contribution in [0.5, 0.6) is 5.75 Å². The van der Waals surface area contributed by atoms with Gasteiger partial charge in [-0.3, -0.25) is 9.36 Å². The number of para-hydroxylation sites is 2. The Hall–Kier alpha value is -3.72. The number of nitrogens with zero attached hydrogens (tertiary/aromatic N) is 4. The van der Waals surface area contributed by atoms with Crippen molar-refractivity contribution in [2.24, 2.45) is 0 Å². The van der Waals surface area contributed by atoms with Gasteiger partial charge in [0, 0.05) is 13.7 Å². The summed E-state index contributed by atoms with van der Waals surface area (Å²) in [6, 6.07) is 13.0. The van der Waals surface area contributed by atoms with Gasteiger partial charge in [0.25, 0.3) is 5.56 Å². The van der Waals surface area contributed by atoms with E-state index < -0.39 is 11.2 Å². The number of halogens is 1. The minimum absolute atomic E-state index is 0.0843. The highest BCUT2D eigenvalue weighted by Gasteiger charge is 2.21. The van der Waals surface area contributed by atoms with Crippen molar-refractivity contribution in [2.45, 2.75) is 13.1 Å². The molecule has 31 heavy (non-hydrogen) atoms. The van der Waals surface area contributed by atoms with Gasteiger partial charge < -0.3 is 14.0 Å². The third kappa shape index (κ3) is 3.75. The molecule has 0 radical (unpaired) electrons. The van der Waals surface area contributed by atoms with E-state index in [0.717, 1.165) is 10.1 Å². The highest BCUT2D eigenvalue weighted by atomic mass is 19.1. The second-order valence-corrected chi connectivity index (χ2v) is 6.91.